The minimum atomic E-state index is 0.294. The van der Waals surface area contributed by atoms with Gasteiger partial charge >= 0.3 is 0 Å². The molecule has 2 heterocycles. The zero-order valence-corrected chi connectivity index (χ0v) is 14.8. The molecule has 1 aliphatic heterocycles. The Kier molecular flexibility index (Phi) is 5.53. The van der Waals surface area contributed by atoms with Crippen molar-refractivity contribution in [3.05, 3.63) is 39.8 Å². The maximum atomic E-state index is 5.40. The van der Waals surface area contributed by atoms with Gasteiger partial charge in [-0.15, -0.1) is 11.3 Å². The van der Waals surface area contributed by atoms with E-state index in [9.17, 15) is 0 Å². The monoisotopic (exact) mass is 346 g/mol. The van der Waals surface area contributed by atoms with Crippen LogP contribution in [0.1, 0.15) is 22.4 Å². The van der Waals surface area contributed by atoms with Crippen molar-refractivity contribution in [3.63, 3.8) is 0 Å². The van der Waals surface area contributed by atoms with Crippen molar-refractivity contribution >= 4 is 17.3 Å². The third-order valence-corrected chi connectivity index (χ3v) is 4.47. The van der Waals surface area contributed by atoms with E-state index in [-0.39, 0.29) is 0 Å². The second-order valence-electron chi connectivity index (χ2n) is 5.42. The standard InChI is InChI=1S/C17H22N4O2S/c1-3-18-17(19-7-6-16-20-9-12(2)24-16)21-10-13-4-5-14-15(8-13)23-11-22-14/h4-5,8-9H,3,6-7,10-11H2,1-2H3,(H2,18,19,21). The number of aromatic nitrogens is 1. The van der Waals surface area contributed by atoms with E-state index < -0.39 is 0 Å². The minimum Gasteiger partial charge on any atom is -0.454 e. The van der Waals surface area contributed by atoms with Gasteiger partial charge in [0.25, 0.3) is 0 Å². The Morgan fingerprint density at radius 1 is 1.29 bits per heavy atom. The summed E-state index contributed by atoms with van der Waals surface area (Å²) in [4.78, 5) is 10.2. The molecule has 3 rings (SSSR count). The first kappa shape index (κ1) is 16.6. The third kappa shape index (κ3) is 4.38. The van der Waals surface area contributed by atoms with E-state index in [4.69, 9.17) is 9.47 Å². The van der Waals surface area contributed by atoms with Crippen molar-refractivity contribution < 1.29 is 9.47 Å². The highest BCUT2D eigenvalue weighted by molar-refractivity contribution is 7.11. The molecular weight excluding hydrogens is 324 g/mol. The number of benzene rings is 1. The lowest BCUT2D eigenvalue weighted by molar-refractivity contribution is 0.174. The molecule has 1 aromatic carbocycles. The summed E-state index contributed by atoms with van der Waals surface area (Å²) in [6.07, 6.45) is 2.81. The Morgan fingerprint density at radius 2 is 2.17 bits per heavy atom. The van der Waals surface area contributed by atoms with Gasteiger partial charge in [-0.1, -0.05) is 6.07 Å². The summed E-state index contributed by atoms with van der Waals surface area (Å²) in [7, 11) is 0. The molecule has 0 amide bonds. The maximum absolute atomic E-state index is 5.40. The van der Waals surface area contributed by atoms with Gasteiger partial charge in [0.1, 0.15) is 0 Å². The smallest absolute Gasteiger partial charge is 0.231 e. The Morgan fingerprint density at radius 3 is 2.96 bits per heavy atom. The maximum Gasteiger partial charge on any atom is 0.231 e. The number of thiazole rings is 1. The Balaban J connectivity index is 1.54. The molecule has 0 bridgehead atoms. The van der Waals surface area contributed by atoms with Gasteiger partial charge in [0.05, 0.1) is 11.6 Å². The van der Waals surface area contributed by atoms with Crippen LogP contribution >= 0.6 is 11.3 Å². The molecule has 1 aromatic heterocycles. The molecule has 2 aromatic rings. The van der Waals surface area contributed by atoms with Crippen LogP contribution in [0.3, 0.4) is 0 Å². The topological polar surface area (TPSA) is 67.8 Å². The molecule has 0 saturated heterocycles. The molecule has 6 nitrogen and oxygen atoms in total. The number of ether oxygens (including phenoxy) is 2. The number of nitrogens with zero attached hydrogens (tertiary/aromatic N) is 2. The summed E-state index contributed by atoms with van der Waals surface area (Å²) in [5.74, 6) is 2.40. The number of nitrogens with one attached hydrogen (secondary N) is 2. The van der Waals surface area contributed by atoms with E-state index in [0.717, 1.165) is 47.5 Å². The molecule has 0 radical (unpaired) electrons. The number of fused-ring (bicyclic) bond motifs is 1. The van der Waals surface area contributed by atoms with E-state index in [2.05, 4.69) is 34.5 Å². The lowest BCUT2D eigenvalue weighted by atomic mass is 10.2. The quantitative estimate of drug-likeness (QED) is 0.621. The van der Waals surface area contributed by atoms with E-state index in [1.165, 1.54) is 4.88 Å². The second-order valence-corrected chi connectivity index (χ2v) is 6.74. The van der Waals surface area contributed by atoms with Crippen molar-refractivity contribution in [2.45, 2.75) is 26.8 Å². The summed E-state index contributed by atoms with van der Waals surface area (Å²) >= 11 is 1.74. The van der Waals surface area contributed by atoms with Gasteiger partial charge in [0.15, 0.2) is 17.5 Å². The first-order valence-corrected chi connectivity index (χ1v) is 8.88. The summed E-state index contributed by atoms with van der Waals surface area (Å²) in [5, 5.41) is 7.76. The summed E-state index contributed by atoms with van der Waals surface area (Å²) in [5.41, 5.74) is 1.09. The van der Waals surface area contributed by atoms with Crippen molar-refractivity contribution in [1.29, 1.82) is 0 Å². The number of aliphatic imine (C=N–C) groups is 1. The fourth-order valence-electron chi connectivity index (χ4n) is 2.36. The highest BCUT2D eigenvalue weighted by Crippen LogP contribution is 2.32. The third-order valence-electron chi connectivity index (χ3n) is 3.50. The van der Waals surface area contributed by atoms with E-state index in [0.29, 0.717) is 13.3 Å². The number of hydrogen-bond acceptors (Lipinski definition) is 5. The van der Waals surface area contributed by atoms with Crippen LogP contribution in [0.2, 0.25) is 0 Å². The van der Waals surface area contributed by atoms with Crippen molar-refractivity contribution in [2.24, 2.45) is 4.99 Å². The normalized spacial score (nSPS) is 13.2. The zero-order valence-electron chi connectivity index (χ0n) is 14.0. The van der Waals surface area contributed by atoms with Gasteiger partial charge in [-0.25, -0.2) is 9.98 Å². The molecule has 1 aliphatic rings. The largest absolute Gasteiger partial charge is 0.454 e. The van der Waals surface area contributed by atoms with Crippen LogP contribution in [-0.2, 0) is 13.0 Å². The van der Waals surface area contributed by atoms with Crippen LogP contribution < -0.4 is 20.1 Å². The van der Waals surface area contributed by atoms with Crippen molar-refractivity contribution in [2.75, 3.05) is 19.9 Å². The SMILES string of the molecule is CCNC(=NCc1ccc2c(c1)OCO2)NCCc1ncc(C)s1. The molecule has 0 spiro atoms. The number of rotatable bonds is 6. The first-order chi connectivity index (χ1) is 11.7. The predicted octanol–water partition coefficient (Wildman–Crippen LogP) is 2.48. The first-order valence-electron chi connectivity index (χ1n) is 8.06. The number of aryl methyl sites for hydroxylation is 1. The predicted molar refractivity (Wildman–Crippen MR) is 95.9 cm³/mol. The molecule has 128 valence electrons. The minimum absolute atomic E-state index is 0.294. The molecule has 0 unspecified atom stereocenters. The van der Waals surface area contributed by atoms with Gasteiger partial charge in [-0.05, 0) is 31.5 Å². The van der Waals surface area contributed by atoms with Crippen LogP contribution in [0, 0.1) is 6.92 Å². The van der Waals surface area contributed by atoms with Gasteiger partial charge in [-0.2, -0.15) is 0 Å². The van der Waals surface area contributed by atoms with Crippen LogP contribution in [0.5, 0.6) is 11.5 Å². The van der Waals surface area contributed by atoms with Gasteiger partial charge in [0, 0.05) is 30.6 Å². The Labute approximate surface area is 145 Å². The van der Waals surface area contributed by atoms with Gasteiger partial charge in [-0.3, -0.25) is 0 Å². The Bertz CT molecular complexity index is 714. The molecule has 24 heavy (non-hydrogen) atoms. The highest BCUT2D eigenvalue weighted by atomic mass is 32.1. The highest BCUT2D eigenvalue weighted by Gasteiger charge is 2.12. The van der Waals surface area contributed by atoms with Crippen molar-refractivity contribution in [3.8, 4) is 11.5 Å². The summed E-state index contributed by atoms with van der Waals surface area (Å²) in [6, 6.07) is 5.92. The molecule has 7 heteroatoms. The lowest BCUT2D eigenvalue weighted by Crippen LogP contribution is -2.38. The van der Waals surface area contributed by atoms with Crippen molar-refractivity contribution in [1.82, 2.24) is 15.6 Å². The van der Waals surface area contributed by atoms with Crippen LogP contribution in [0.25, 0.3) is 0 Å². The van der Waals surface area contributed by atoms with Crippen LogP contribution in [0.15, 0.2) is 29.4 Å². The Hall–Kier alpha value is -2.28. The molecular formula is C17H22N4O2S. The van der Waals surface area contributed by atoms with E-state index >= 15 is 0 Å². The molecule has 0 atom stereocenters. The van der Waals surface area contributed by atoms with E-state index in [1.54, 1.807) is 11.3 Å². The number of hydrogen-bond donors (Lipinski definition) is 2. The van der Waals surface area contributed by atoms with Crippen LogP contribution in [-0.4, -0.2) is 30.8 Å². The molecule has 0 aliphatic carbocycles. The molecule has 0 saturated carbocycles. The fraction of sp³-hybridized carbons (Fsp3) is 0.412. The zero-order chi connectivity index (χ0) is 16.8. The van der Waals surface area contributed by atoms with E-state index in [1.807, 2.05) is 24.4 Å². The second kappa shape index (κ2) is 8.01. The summed E-state index contributed by atoms with van der Waals surface area (Å²) < 4.78 is 10.7. The average molecular weight is 346 g/mol. The molecule has 2 N–H and O–H groups in total. The number of guanidine groups is 1. The van der Waals surface area contributed by atoms with Crippen LogP contribution in [0.4, 0.5) is 0 Å². The molecule has 0 fully saturated rings. The summed E-state index contributed by atoms with van der Waals surface area (Å²) in [6.45, 7) is 6.64. The fourth-order valence-corrected chi connectivity index (χ4v) is 3.14. The van der Waals surface area contributed by atoms with Gasteiger partial charge < -0.3 is 20.1 Å². The van der Waals surface area contributed by atoms with Gasteiger partial charge in [0.2, 0.25) is 6.79 Å². The average Bonchev–Trinajstić information content (AvgIpc) is 3.20. The lowest BCUT2D eigenvalue weighted by Gasteiger charge is -2.10.